The fourth-order valence-electron chi connectivity index (χ4n) is 2.33. The molecule has 0 saturated heterocycles. The van der Waals surface area contributed by atoms with Crippen LogP contribution in [0.2, 0.25) is 37.8 Å². The molecule has 0 heterocycles. The van der Waals surface area contributed by atoms with Gasteiger partial charge in [-0.05, 0) is 49.8 Å². The van der Waals surface area contributed by atoms with E-state index in [2.05, 4.69) is 95.5 Å². The normalized spacial score (nSPS) is 14.5. The second-order valence-electron chi connectivity index (χ2n) is 9.51. The first-order valence-electron chi connectivity index (χ1n) is 9.60. The van der Waals surface area contributed by atoms with E-state index in [0.29, 0.717) is 6.61 Å². The van der Waals surface area contributed by atoms with E-state index >= 15 is 0 Å². The zero-order chi connectivity index (χ0) is 20.0. The monoisotopic (exact) mass is 393 g/mol. The van der Waals surface area contributed by atoms with E-state index in [1.165, 1.54) is 5.56 Å². The standard InChI is InChI=1S/C21H39NO2Si2/c1-10-14-20(18-23-26(8,9)21(2,3)4)22(24-25(5,6)7)17-19-15-12-11-13-16-19/h10-13,15-16,20H,1,14,17-18H2,2-9H3. The molecular weight excluding hydrogens is 354 g/mol. The molecule has 0 aromatic heterocycles. The fourth-order valence-corrected chi connectivity index (χ4v) is 4.29. The van der Waals surface area contributed by atoms with Gasteiger partial charge in [-0.25, -0.2) is 0 Å². The van der Waals surface area contributed by atoms with Crippen molar-refractivity contribution in [3.63, 3.8) is 0 Å². The summed E-state index contributed by atoms with van der Waals surface area (Å²) >= 11 is 0. The van der Waals surface area contributed by atoms with Crippen LogP contribution in [0.4, 0.5) is 0 Å². The van der Waals surface area contributed by atoms with Crippen LogP contribution in [0, 0.1) is 0 Å². The molecule has 5 heteroatoms. The van der Waals surface area contributed by atoms with Crippen LogP contribution in [-0.4, -0.2) is 34.3 Å². The van der Waals surface area contributed by atoms with E-state index in [-0.39, 0.29) is 11.1 Å². The highest BCUT2D eigenvalue weighted by Gasteiger charge is 2.38. The molecule has 0 amide bonds. The van der Waals surface area contributed by atoms with Crippen LogP contribution in [0.25, 0.3) is 0 Å². The first-order valence-corrected chi connectivity index (χ1v) is 15.9. The molecule has 0 aliphatic carbocycles. The van der Waals surface area contributed by atoms with Crippen molar-refractivity contribution < 1.29 is 8.95 Å². The molecule has 1 atom stereocenters. The molecule has 1 unspecified atom stereocenters. The Morgan fingerprint density at radius 3 is 2.12 bits per heavy atom. The predicted octanol–water partition coefficient (Wildman–Crippen LogP) is 6.22. The van der Waals surface area contributed by atoms with Crippen LogP contribution < -0.4 is 0 Å². The van der Waals surface area contributed by atoms with E-state index in [0.717, 1.165) is 13.0 Å². The van der Waals surface area contributed by atoms with E-state index in [1.807, 2.05) is 6.08 Å². The largest absolute Gasteiger partial charge is 0.415 e. The highest BCUT2D eigenvalue weighted by atomic mass is 28.4. The Hall–Kier alpha value is -0.726. The average molecular weight is 394 g/mol. The lowest BCUT2D eigenvalue weighted by atomic mass is 10.1. The number of hydroxylamine groups is 2. The molecule has 26 heavy (non-hydrogen) atoms. The van der Waals surface area contributed by atoms with Gasteiger partial charge in [0.25, 0.3) is 0 Å². The summed E-state index contributed by atoms with van der Waals surface area (Å²) in [7, 11) is -3.53. The molecule has 0 aliphatic rings. The van der Waals surface area contributed by atoms with Crippen LogP contribution in [0.1, 0.15) is 32.8 Å². The molecule has 0 saturated carbocycles. The van der Waals surface area contributed by atoms with E-state index < -0.39 is 16.6 Å². The molecule has 0 fully saturated rings. The van der Waals surface area contributed by atoms with Crippen molar-refractivity contribution in [1.29, 1.82) is 0 Å². The van der Waals surface area contributed by atoms with Crippen molar-refractivity contribution >= 4 is 16.6 Å². The molecule has 0 aliphatic heterocycles. The quantitative estimate of drug-likeness (QED) is 0.267. The fraction of sp³-hybridized carbons (Fsp3) is 0.619. The second kappa shape index (κ2) is 9.46. The highest BCUT2D eigenvalue weighted by molar-refractivity contribution is 6.74. The molecule has 148 valence electrons. The van der Waals surface area contributed by atoms with Crippen molar-refractivity contribution in [2.24, 2.45) is 0 Å². The third kappa shape index (κ3) is 7.88. The van der Waals surface area contributed by atoms with Crippen molar-refractivity contribution in [1.82, 2.24) is 5.06 Å². The van der Waals surface area contributed by atoms with Gasteiger partial charge in [0.1, 0.15) is 0 Å². The van der Waals surface area contributed by atoms with Gasteiger partial charge in [-0.2, -0.15) is 5.06 Å². The number of hydrogen-bond donors (Lipinski definition) is 0. The van der Waals surface area contributed by atoms with Gasteiger partial charge in [-0.15, -0.1) is 6.58 Å². The van der Waals surface area contributed by atoms with Crippen molar-refractivity contribution in [3.05, 3.63) is 48.6 Å². The number of nitrogens with zero attached hydrogens (tertiary/aromatic N) is 1. The van der Waals surface area contributed by atoms with Crippen molar-refractivity contribution in [2.45, 2.75) is 77.6 Å². The summed E-state index contributed by atoms with van der Waals surface area (Å²) in [6, 6.07) is 10.7. The zero-order valence-electron chi connectivity index (χ0n) is 18.1. The van der Waals surface area contributed by atoms with Gasteiger partial charge in [0.2, 0.25) is 8.32 Å². The Bertz CT molecular complexity index is 547. The molecule has 0 N–H and O–H groups in total. The second-order valence-corrected chi connectivity index (χ2v) is 18.7. The van der Waals surface area contributed by atoms with Crippen molar-refractivity contribution in [3.8, 4) is 0 Å². The lowest BCUT2D eigenvalue weighted by Gasteiger charge is -2.40. The maximum absolute atomic E-state index is 6.53. The van der Waals surface area contributed by atoms with Crippen LogP contribution >= 0.6 is 0 Å². The average Bonchev–Trinajstić information content (AvgIpc) is 2.49. The Balaban J connectivity index is 2.97. The molecular formula is C21H39NO2Si2. The zero-order valence-corrected chi connectivity index (χ0v) is 20.1. The summed E-state index contributed by atoms with van der Waals surface area (Å²) in [5, 5.41) is 2.35. The molecule has 1 aromatic rings. The van der Waals surface area contributed by atoms with Gasteiger partial charge in [-0.1, -0.05) is 57.2 Å². The first kappa shape index (κ1) is 23.3. The molecule has 3 nitrogen and oxygen atoms in total. The summed E-state index contributed by atoms with van der Waals surface area (Å²) in [6.45, 7) is 23.5. The van der Waals surface area contributed by atoms with Gasteiger partial charge in [-0.3, -0.25) is 0 Å². The van der Waals surface area contributed by atoms with Crippen LogP contribution in [0.5, 0.6) is 0 Å². The van der Waals surface area contributed by atoms with Gasteiger partial charge in [0.15, 0.2) is 8.32 Å². The molecule has 0 radical (unpaired) electrons. The Morgan fingerprint density at radius 2 is 1.65 bits per heavy atom. The summed E-state index contributed by atoms with van der Waals surface area (Å²) in [4.78, 5) is 0. The smallest absolute Gasteiger partial charge is 0.212 e. The minimum absolute atomic E-state index is 0.175. The van der Waals surface area contributed by atoms with E-state index in [1.54, 1.807) is 0 Å². The summed E-state index contributed by atoms with van der Waals surface area (Å²) in [6.07, 6.45) is 2.83. The highest BCUT2D eigenvalue weighted by Crippen LogP contribution is 2.37. The van der Waals surface area contributed by atoms with Crippen LogP contribution in [0.3, 0.4) is 0 Å². The van der Waals surface area contributed by atoms with Gasteiger partial charge in [0, 0.05) is 6.54 Å². The Morgan fingerprint density at radius 1 is 1.08 bits per heavy atom. The van der Waals surface area contributed by atoms with Gasteiger partial charge >= 0.3 is 0 Å². The number of rotatable bonds is 10. The first-order chi connectivity index (χ1) is 11.9. The maximum Gasteiger partial charge on any atom is 0.212 e. The lowest BCUT2D eigenvalue weighted by molar-refractivity contribution is -0.122. The Labute approximate surface area is 163 Å². The summed E-state index contributed by atoms with van der Waals surface area (Å²) in [5.74, 6) is 0. The number of benzene rings is 1. The van der Waals surface area contributed by atoms with Gasteiger partial charge < -0.3 is 8.95 Å². The third-order valence-electron chi connectivity index (χ3n) is 4.86. The van der Waals surface area contributed by atoms with Crippen LogP contribution in [-0.2, 0) is 15.5 Å². The topological polar surface area (TPSA) is 21.7 Å². The molecule has 0 spiro atoms. The molecule has 1 aromatic carbocycles. The van der Waals surface area contributed by atoms with E-state index in [4.69, 9.17) is 8.95 Å². The summed E-state index contributed by atoms with van der Waals surface area (Å²) < 4.78 is 13.0. The Kier molecular flexibility index (Phi) is 8.49. The van der Waals surface area contributed by atoms with Crippen LogP contribution in [0.15, 0.2) is 43.0 Å². The predicted molar refractivity (Wildman–Crippen MR) is 118 cm³/mol. The maximum atomic E-state index is 6.53. The molecule has 0 bridgehead atoms. The molecule has 1 rings (SSSR count). The minimum atomic E-state index is -1.80. The van der Waals surface area contributed by atoms with Gasteiger partial charge in [0.05, 0.1) is 12.6 Å². The minimum Gasteiger partial charge on any atom is -0.415 e. The van der Waals surface area contributed by atoms with E-state index in [9.17, 15) is 0 Å². The summed E-state index contributed by atoms with van der Waals surface area (Å²) in [5.41, 5.74) is 1.26. The third-order valence-corrected chi connectivity index (χ3v) is 10.1. The SMILES string of the molecule is C=CCC(CO[Si](C)(C)C(C)(C)C)N(Cc1ccccc1)O[Si](C)(C)C. The lowest BCUT2D eigenvalue weighted by Crippen LogP contribution is -2.48. The van der Waals surface area contributed by atoms with Crippen molar-refractivity contribution in [2.75, 3.05) is 6.61 Å². The number of hydrogen-bond acceptors (Lipinski definition) is 3.